The molecule has 0 radical (unpaired) electrons. The van der Waals surface area contributed by atoms with Crippen LogP contribution in [0.15, 0.2) is 77.2 Å². The zero-order chi connectivity index (χ0) is 33.7. The molecule has 9 nitrogen and oxygen atoms in total. The van der Waals surface area contributed by atoms with Crippen LogP contribution in [0, 0.1) is 13.8 Å². The molecular formula is C37H44BN4O5+. The van der Waals surface area contributed by atoms with Gasteiger partial charge in [0.05, 0.1) is 6.07 Å². The average Bonchev–Trinajstić information content (AvgIpc) is 3.04. The molecule has 0 saturated carbocycles. The molecule has 0 saturated heterocycles. The molecule has 3 aromatic rings. The van der Waals surface area contributed by atoms with Gasteiger partial charge in [-0.15, -0.1) is 0 Å². The van der Waals surface area contributed by atoms with Crippen molar-refractivity contribution in [2.24, 2.45) is 0 Å². The lowest BCUT2D eigenvalue weighted by atomic mass is 9.89. The van der Waals surface area contributed by atoms with E-state index in [2.05, 4.69) is 74.6 Å². The van der Waals surface area contributed by atoms with Gasteiger partial charge in [-0.05, 0) is 79.8 Å². The number of hydrogen-bond acceptors (Lipinski definition) is 7. The van der Waals surface area contributed by atoms with Gasteiger partial charge in [0.15, 0.2) is 0 Å². The number of aryl methyl sites for hydroxylation is 2. The van der Waals surface area contributed by atoms with Crippen LogP contribution in [-0.2, 0) is 0 Å². The minimum Gasteiger partial charge on any atom is -0.490 e. The standard InChI is InChI=1S/C37H43BN4O5/c1-24-8-9-26(36-30-13-11-28(41(4)5)22-34(30)47-35-23-29(42(6)7)12-14-31(35)36)21-33(24)46-19-18-45-32-15-10-27(20-25(32)2)37(43)39-16-17-40-38(3)44/h8-15,20-23,40,44H,16-19H2,1-7H3/p+1. The molecule has 5 rings (SSSR count). The molecule has 10 heteroatoms. The van der Waals surface area contributed by atoms with Crippen LogP contribution in [0.5, 0.6) is 11.5 Å². The van der Waals surface area contributed by atoms with E-state index in [0.29, 0.717) is 37.6 Å². The number of nitrogens with zero attached hydrogens (tertiary/aromatic N) is 2. The molecule has 2 aliphatic rings. The number of fused-ring (bicyclic) bond motifs is 2. The van der Waals surface area contributed by atoms with Crippen LogP contribution < -0.4 is 34.9 Å². The summed E-state index contributed by atoms with van der Waals surface area (Å²) in [5.41, 5.74) is 7.50. The molecular weight excluding hydrogens is 591 g/mol. The van der Waals surface area contributed by atoms with E-state index < -0.39 is 7.05 Å². The normalized spacial score (nSPS) is 11.1. The Hall–Kier alpha value is -4.80. The van der Waals surface area contributed by atoms with Crippen molar-refractivity contribution in [3.63, 3.8) is 0 Å². The van der Waals surface area contributed by atoms with E-state index in [-0.39, 0.29) is 5.91 Å². The van der Waals surface area contributed by atoms with Crippen LogP contribution in [0.3, 0.4) is 0 Å². The molecule has 244 valence electrons. The van der Waals surface area contributed by atoms with Crippen molar-refractivity contribution >= 4 is 29.6 Å². The highest BCUT2D eigenvalue weighted by atomic mass is 16.5. The predicted octanol–water partition coefficient (Wildman–Crippen LogP) is 4.81. The Bertz CT molecular complexity index is 1930. The van der Waals surface area contributed by atoms with Crippen molar-refractivity contribution in [1.29, 1.82) is 0 Å². The van der Waals surface area contributed by atoms with Crippen LogP contribution in [0.25, 0.3) is 33.4 Å². The fourth-order valence-corrected chi connectivity index (χ4v) is 5.46. The summed E-state index contributed by atoms with van der Waals surface area (Å²) in [6, 6.07) is 24.3. The molecule has 1 heterocycles. The fraction of sp³-hybridized carbons (Fsp3) is 0.297. The van der Waals surface area contributed by atoms with Gasteiger partial charge >= 0.3 is 7.05 Å². The number of nitrogens with one attached hydrogen (secondary N) is 2. The van der Waals surface area contributed by atoms with Crippen molar-refractivity contribution in [2.45, 2.75) is 20.7 Å². The van der Waals surface area contributed by atoms with Crippen LogP contribution in [-0.4, -0.2) is 72.5 Å². The largest absolute Gasteiger partial charge is 0.490 e. The second kappa shape index (κ2) is 14.7. The number of hydrogen-bond donors (Lipinski definition) is 3. The van der Waals surface area contributed by atoms with Gasteiger partial charge in [-0.1, -0.05) is 12.1 Å². The summed E-state index contributed by atoms with van der Waals surface area (Å²) < 4.78 is 20.9. The Morgan fingerprint density at radius 1 is 0.894 bits per heavy atom. The van der Waals surface area contributed by atoms with Crippen LogP contribution in [0.1, 0.15) is 21.5 Å². The first-order chi connectivity index (χ1) is 22.5. The first kappa shape index (κ1) is 33.6. The Balaban J connectivity index is 1.33. The van der Waals surface area contributed by atoms with Crippen molar-refractivity contribution in [3.8, 4) is 33.9 Å². The highest BCUT2D eigenvalue weighted by Gasteiger charge is 2.19. The highest BCUT2D eigenvalue weighted by molar-refractivity contribution is 6.45. The molecule has 1 aliphatic carbocycles. The summed E-state index contributed by atoms with van der Waals surface area (Å²) in [5.74, 6) is 2.14. The maximum Gasteiger partial charge on any atom is 0.373 e. The number of amides is 1. The third-order valence-corrected chi connectivity index (χ3v) is 8.08. The molecule has 0 fully saturated rings. The third-order valence-electron chi connectivity index (χ3n) is 8.08. The van der Waals surface area contributed by atoms with Crippen molar-refractivity contribution < 1.29 is 23.7 Å². The molecule has 0 aromatic heterocycles. The molecule has 3 aromatic carbocycles. The van der Waals surface area contributed by atoms with Gasteiger partial charge in [0.2, 0.25) is 5.36 Å². The second-order valence-electron chi connectivity index (χ2n) is 12.2. The van der Waals surface area contributed by atoms with Crippen LogP contribution >= 0.6 is 0 Å². The van der Waals surface area contributed by atoms with Gasteiger partial charge in [0, 0.05) is 67.1 Å². The Morgan fingerprint density at radius 3 is 2.36 bits per heavy atom. The summed E-state index contributed by atoms with van der Waals surface area (Å²) in [6.45, 7) is 7.19. The van der Waals surface area contributed by atoms with Gasteiger partial charge in [-0.3, -0.25) is 4.79 Å². The quantitative estimate of drug-likeness (QED) is 0.0784. The van der Waals surface area contributed by atoms with Crippen molar-refractivity contribution in [1.82, 2.24) is 15.1 Å². The lowest BCUT2D eigenvalue weighted by molar-refractivity contribution is 0.0954. The van der Waals surface area contributed by atoms with Gasteiger partial charge in [-0.25, -0.2) is 4.58 Å². The van der Waals surface area contributed by atoms with Gasteiger partial charge < -0.3 is 34.4 Å². The van der Waals surface area contributed by atoms with E-state index in [1.54, 1.807) is 12.9 Å². The van der Waals surface area contributed by atoms with E-state index in [9.17, 15) is 9.82 Å². The van der Waals surface area contributed by atoms with Crippen LogP contribution in [0.2, 0.25) is 6.82 Å². The summed E-state index contributed by atoms with van der Waals surface area (Å²) in [6.07, 6.45) is 0. The molecule has 0 atom stereocenters. The second-order valence-corrected chi connectivity index (χ2v) is 12.2. The molecule has 0 unspecified atom stereocenters. The van der Waals surface area contributed by atoms with E-state index in [1.165, 1.54) is 0 Å². The molecule has 3 N–H and O–H groups in total. The van der Waals surface area contributed by atoms with Gasteiger partial charge in [0.25, 0.3) is 5.91 Å². The van der Waals surface area contributed by atoms with Crippen molar-refractivity contribution in [2.75, 3.05) is 59.4 Å². The molecule has 0 spiro atoms. The maximum absolute atomic E-state index is 12.5. The fourth-order valence-electron chi connectivity index (χ4n) is 5.46. The SMILES string of the molecule is CB(O)NCCNC(=O)c1ccc(OCCOc2cc(-c3c4ccc(=[N+](C)C)cc-4oc4cc(N(C)C)ccc34)ccc2C)c(C)c1. The smallest absolute Gasteiger partial charge is 0.373 e. The number of carbonyl (C=O) groups excluding carboxylic acids is 1. The number of anilines is 1. The monoisotopic (exact) mass is 635 g/mol. The first-order valence-electron chi connectivity index (χ1n) is 15.9. The van der Waals surface area contributed by atoms with E-state index in [0.717, 1.165) is 61.3 Å². The lowest BCUT2D eigenvalue weighted by Crippen LogP contribution is -2.38. The third kappa shape index (κ3) is 7.96. The zero-order valence-electron chi connectivity index (χ0n) is 28.3. The number of carbonyl (C=O) groups is 1. The predicted molar refractivity (Wildman–Crippen MR) is 191 cm³/mol. The van der Waals surface area contributed by atoms with Crippen LogP contribution in [0.4, 0.5) is 5.69 Å². The minimum absolute atomic E-state index is 0.172. The Morgan fingerprint density at radius 2 is 1.66 bits per heavy atom. The molecule has 0 bridgehead atoms. The van der Waals surface area contributed by atoms with E-state index in [4.69, 9.17) is 13.9 Å². The number of ether oxygens (including phenoxy) is 2. The summed E-state index contributed by atoms with van der Waals surface area (Å²) >= 11 is 0. The number of benzene rings is 4. The molecule has 1 amide bonds. The van der Waals surface area contributed by atoms with Gasteiger partial charge in [0.1, 0.15) is 50.2 Å². The summed E-state index contributed by atoms with van der Waals surface area (Å²) in [4.78, 5) is 14.6. The zero-order valence-corrected chi connectivity index (χ0v) is 28.3. The Kier molecular flexibility index (Phi) is 10.5. The van der Waals surface area contributed by atoms with Gasteiger partial charge in [-0.2, -0.15) is 0 Å². The molecule has 1 aliphatic heterocycles. The lowest BCUT2D eigenvalue weighted by Gasteiger charge is -2.19. The minimum atomic E-state index is -0.614. The Labute approximate surface area is 276 Å². The van der Waals surface area contributed by atoms with E-state index >= 15 is 0 Å². The highest BCUT2D eigenvalue weighted by Crippen LogP contribution is 2.42. The number of rotatable bonds is 12. The first-order valence-corrected chi connectivity index (χ1v) is 15.9. The average molecular weight is 636 g/mol. The van der Waals surface area contributed by atoms with E-state index in [1.807, 2.05) is 54.2 Å². The van der Waals surface area contributed by atoms with Crippen molar-refractivity contribution in [3.05, 3.63) is 94.8 Å². The molecule has 47 heavy (non-hydrogen) atoms. The summed E-state index contributed by atoms with van der Waals surface area (Å²) in [5, 5.41) is 17.1. The summed E-state index contributed by atoms with van der Waals surface area (Å²) in [7, 11) is 7.49. The topological polar surface area (TPSA) is 99.2 Å². The maximum atomic E-state index is 12.5.